The van der Waals surface area contributed by atoms with Crippen molar-refractivity contribution in [2.45, 2.75) is 78.7 Å². The van der Waals surface area contributed by atoms with Crippen LogP contribution in [-0.2, 0) is 19.4 Å². The van der Waals surface area contributed by atoms with Crippen LogP contribution in [0.3, 0.4) is 0 Å². The molecule has 7 aromatic rings. The fraction of sp³-hybridized carbons (Fsp3) is 0.240. The maximum atomic E-state index is 12.4. The predicted molar refractivity (Wildman–Crippen MR) is 228 cm³/mol. The third-order valence-corrected chi connectivity index (χ3v) is 10.6. The van der Waals surface area contributed by atoms with Crippen LogP contribution in [0.1, 0.15) is 74.6 Å². The Labute approximate surface area is 335 Å². The van der Waals surface area contributed by atoms with Crippen molar-refractivity contribution in [3.8, 4) is 78.8 Å². The average molecular weight is 759 g/mol. The van der Waals surface area contributed by atoms with Gasteiger partial charge in [0.25, 0.3) is 0 Å². The molecular weight excluding hydrogens is 709 g/mol. The molecule has 3 N–H and O–H groups in total. The number of hydrogen-bond donors (Lipinski definition) is 3. The highest BCUT2D eigenvalue weighted by molar-refractivity contribution is 5.89. The Morgan fingerprint density at radius 1 is 0.579 bits per heavy atom. The van der Waals surface area contributed by atoms with Crippen molar-refractivity contribution in [2.75, 3.05) is 0 Å². The summed E-state index contributed by atoms with van der Waals surface area (Å²) in [5.41, 5.74) is 10.5. The van der Waals surface area contributed by atoms with Crippen LogP contribution >= 0.6 is 0 Å². The number of rotatable bonds is 16. The molecule has 0 atom stereocenters. The highest BCUT2D eigenvalue weighted by Crippen LogP contribution is 2.49. The smallest absolute Gasteiger partial charge is 0.170 e. The number of nitrogens with zero attached hydrogens (tertiary/aromatic N) is 2. The van der Waals surface area contributed by atoms with Crippen LogP contribution < -0.4 is 4.74 Å². The first-order valence-corrected chi connectivity index (χ1v) is 20.0. The first kappa shape index (κ1) is 38.9. The normalized spacial score (nSPS) is 11.2. The van der Waals surface area contributed by atoms with Crippen molar-refractivity contribution in [1.29, 1.82) is 0 Å². The second-order valence-corrected chi connectivity index (χ2v) is 14.8. The van der Waals surface area contributed by atoms with E-state index in [1.54, 1.807) is 24.5 Å². The zero-order valence-electron chi connectivity index (χ0n) is 33.0. The number of pyridine rings is 1. The van der Waals surface area contributed by atoms with Crippen LogP contribution in [0.25, 0.3) is 55.8 Å². The van der Waals surface area contributed by atoms with Crippen LogP contribution in [0.2, 0.25) is 0 Å². The van der Waals surface area contributed by atoms with Gasteiger partial charge in [0.2, 0.25) is 0 Å². The maximum absolute atomic E-state index is 12.4. The van der Waals surface area contributed by atoms with Gasteiger partial charge in [-0.25, -0.2) is 0 Å². The van der Waals surface area contributed by atoms with Gasteiger partial charge in [-0.3, -0.25) is 4.98 Å². The molecule has 0 aliphatic carbocycles. The number of benzene rings is 5. The van der Waals surface area contributed by atoms with Gasteiger partial charge in [-0.15, -0.1) is 0 Å². The lowest BCUT2D eigenvalue weighted by atomic mass is 9.89. The number of phenols is 3. The molecule has 0 bridgehead atoms. The number of aromatic nitrogens is 2. The van der Waals surface area contributed by atoms with E-state index in [0.717, 1.165) is 95.0 Å². The summed E-state index contributed by atoms with van der Waals surface area (Å²) in [5.74, 6) is 1.16. The minimum Gasteiger partial charge on any atom is -0.507 e. The van der Waals surface area contributed by atoms with E-state index >= 15 is 0 Å². The first-order valence-electron chi connectivity index (χ1n) is 20.0. The van der Waals surface area contributed by atoms with Crippen molar-refractivity contribution in [3.05, 3.63) is 144 Å². The molecule has 0 saturated heterocycles. The van der Waals surface area contributed by atoms with Crippen LogP contribution in [0.5, 0.6) is 23.0 Å². The number of unbranched alkanes of at least 4 members (excludes halogenated alkanes) is 4. The van der Waals surface area contributed by atoms with Gasteiger partial charge < -0.3 is 24.6 Å². The summed E-state index contributed by atoms with van der Waals surface area (Å²) in [7, 11) is 0. The molecule has 7 heteroatoms. The summed E-state index contributed by atoms with van der Waals surface area (Å²) in [6, 6.07) is 33.6. The first-order chi connectivity index (χ1) is 27.9. The van der Waals surface area contributed by atoms with E-state index in [0.29, 0.717) is 40.2 Å². The zero-order valence-corrected chi connectivity index (χ0v) is 33.0. The Hall–Kier alpha value is -6.34. The zero-order chi connectivity index (χ0) is 39.7. The number of hydrogen-bond acceptors (Lipinski definition) is 7. The van der Waals surface area contributed by atoms with Crippen LogP contribution in [-0.4, -0.2) is 25.5 Å². The fourth-order valence-corrected chi connectivity index (χ4v) is 7.69. The van der Waals surface area contributed by atoms with Gasteiger partial charge in [-0.2, -0.15) is 0 Å². The number of phenolic OH excluding ortho intramolecular Hbond substituents is 3. The summed E-state index contributed by atoms with van der Waals surface area (Å²) < 4.78 is 12.2. The Bertz CT molecular complexity index is 2420. The van der Waals surface area contributed by atoms with Crippen molar-refractivity contribution >= 4 is 0 Å². The highest BCUT2D eigenvalue weighted by Gasteiger charge is 2.24. The van der Waals surface area contributed by atoms with E-state index in [1.807, 2.05) is 67.7 Å². The second kappa shape index (κ2) is 18.1. The molecule has 0 aliphatic heterocycles. The molecule has 0 amide bonds. The fourth-order valence-electron chi connectivity index (χ4n) is 7.69. The molecular formula is C50H50N2O5. The van der Waals surface area contributed by atoms with E-state index in [-0.39, 0.29) is 23.9 Å². The minimum atomic E-state index is -0.0521. The molecule has 2 heterocycles. The maximum Gasteiger partial charge on any atom is 0.170 e. The van der Waals surface area contributed by atoms with Gasteiger partial charge >= 0.3 is 0 Å². The van der Waals surface area contributed by atoms with Gasteiger partial charge in [0.15, 0.2) is 5.76 Å². The van der Waals surface area contributed by atoms with Crippen LogP contribution in [0, 0.1) is 6.92 Å². The summed E-state index contributed by atoms with van der Waals surface area (Å²) in [5, 5.41) is 39.4. The van der Waals surface area contributed by atoms with Gasteiger partial charge in [-0.05, 0) is 101 Å². The topological polar surface area (TPSA) is 109 Å². The van der Waals surface area contributed by atoms with Gasteiger partial charge in [0, 0.05) is 24.0 Å². The van der Waals surface area contributed by atoms with E-state index < -0.39 is 0 Å². The van der Waals surface area contributed by atoms with Gasteiger partial charge in [-0.1, -0.05) is 123 Å². The quantitative estimate of drug-likeness (QED) is 0.0842. The van der Waals surface area contributed by atoms with Crippen molar-refractivity contribution in [1.82, 2.24) is 10.1 Å². The van der Waals surface area contributed by atoms with Gasteiger partial charge in [0.05, 0.1) is 22.9 Å². The molecule has 57 heavy (non-hydrogen) atoms. The molecule has 0 fully saturated rings. The van der Waals surface area contributed by atoms with E-state index in [1.165, 1.54) is 0 Å². The molecule has 0 spiro atoms. The predicted octanol–water partition coefficient (Wildman–Crippen LogP) is 12.9. The van der Waals surface area contributed by atoms with Gasteiger partial charge in [0.1, 0.15) is 29.6 Å². The molecule has 0 saturated carbocycles. The third kappa shape index (κ3) is 8.73. The van der Waals surface area contributed by atoms with Crippen molar-refractivity contribution < 1.29 is 24.6 Å². The molecule has 290 valence electrons. The molecule has 0 aliphatic rings. The largest absolute Gasteiger partial charge is 0.507 e. The summed E-state index contributed by atoms with van der Waals surface area (Å²) in [4.78, 5) is 4.29. The number of aromatic hydroxyl groups is 3. The Kier molecular flexibility index (Phi) is 12.3. The molecule has 2 aromatic heterocycles. The lowest BCUT2D eigenvalue weighted by Crippen LogP contribution is -2.02. The summed E-state index contributed by atoms with van der Waals surface area (Å²) >= 11 is 0. The van der Waals surface area contributed by atoms with Crippen molar-refractivity contribution in [2.24, 2.45) is 0 Å². The number of ether oxygens (including phenoxy) is 1. The second-order valence-electron chi connectivity index (χ2n) is 14.8. The van der Waals surface area contributed by atoms with E-state index in [2.05, 4.69) is 60.4 Å². The Balaban J connectivity index is 1.27. The van der Waals surface area contributed by atoms with E-state index in [9.17, 15) is 15.3 Å². The summed E-state index contributed by atoms with van der Waals surface area (Å²) in [6.07, 6.45) is 12.8. The molecule has 7 rings (SSSR count). The van der Waals surface area contributed by atoms with E-state index in [4.69, 9.17) is 9.26 Å². The van der Waals surface area contributed by atoms with Crippen molar-refractivity contribution in [3.63, 3.8) is 0 Å². The molecule has 0 radical (unpaired) electrons. The van der Waals surface area contributed by atoms with Crippen LogP contribution in [0.15, 0.2) is 126 Å². The third-order valence-electron chi connectivity index (χ3n) is 10.6. The standard InChI is InChI=1S/C50H50N2O5/c1-4-6-8-15-39-29-42(53)46(50(55)47(39)43-24-26-52-57-43)38-18-11-14-34(28-38)32-56-44-30-40(16-9-7-5-2)45(49(54)48(44)37-17-10-13-33(3)27-37)36-22-20-35(21-23-36)41-19-12-25-51-31-41/h10-14,17-31,53-55H,4-9,15-16,32H2,1-3H3. The lowest BCUT2D eigenvalue weighted by Gasteiger charge is -2.21. The Morgan fingerprint density at radius 3 is 1.91 bits per heavy atom. The summed E-state index contributed by atoms with van der Waals surface area (Å²) in [6.45, 7) is 6.56. The SMILES string of the molecule is CCCCCc1cc(OCc2cccc(-c3c(O)cc(CCCCC)c(-c4ccno4)c3O)c2)c(-c2cccc(C)c2)c(O)c1-c1ccc(-c2cccnc2)cc1. The molecule has 5 aromatic carbocycles. The Morgan fingerprint density at radius 2 is 1.25 bits per heavy atom. The van der Waals surface area contributed by atoms with Crippen LogP contribution in [0.4, 0.5) is 0 Å². The molecule has 0 unspecified atom stereocenters. The lowest BCUT2D eigenvalue weighted by molar-refractivity contribution is 0.305. The monoisotopic (exact) mass is 758 g/mol. The molecule has 7 nitrogen and oxygen atoms in total. The highest BCUT2D eigenvalue weighted by atomic mass is 16.5. The number of aryl methyl sites for hydroxylation is 3. The minimum absolute atomic E-state index is 0.00670. The average Bonchev–Trinajstić information content (AvgIpc) is 3.75.